The fraction of sp³-hybridized carbons (Fsp3) is 0.444. The molecule has 9 heteroatoms. The number of amides is 2. The molecular weight excluding hydrogens is 456 g/mol. The summed E-state index contributed by atoms with van der Waals surface area (Å²) in [5.74, 6) is 1.86. The Kier molecular flexibility index (Phi) is 8.65. The van der Waals surface area contributed by atoms with E-state index in [4.69, 9.17) is 15.2 Å². The van der Waals surface area contributed by atoms with Crippen molar-refractivity contribution in [2.45, 2.75) is 58.0 Å². The fourth-order valence-corrected chi connectivity index (χ4v) is 4.17. The molecule has 1 aromatic carbocycles. The third-order valence-corrected chi connectivity index (χ3v) is 6.29. The van der Waals surface area contributed by atoms with Crippen LogP contribution in [0.25, 0.3) is 0 Å². The van der Waals surface area contributed by atoms with Gasteiger partial charge < -0.3 is 25.1 Å². The highest BCUT2D eigenvalue weighted by Gasteiger charge is 2.34. The van der Waals surface area contributed by atoms with Crippen molar-refractivity contribution in [3.63, 3.8) is 0 Å². The third kappa shape index (κ3) is 6.90. The number of nitrogens with zero attached hydrogens (tertiary/aromatic N) is 4. The molecule has 0 spiro atoms. The molecule has 0 bridgehead atoms. The molecule has 3 N–H and O–H groups in total. The molecule has 0 radical (unpaired) electrons. The van der Waals surface area contributed by atoms with E-state index in [2.05, 4.69) is 19.9 Å². The zero-order valence-corrected chi connectivity index (χ0v) is 21.2. The highest BCUT2D eigenvalue weighted by molar-refractivity contribution is 5.93. The Bertz CT molecular complexity index is 1140. The van der Waals surface area contributed by atoms with Crippen molar-refractivity contribution in [1.82, 2.24) is 19.9 Å². The maximum absolute atomic E-state index is 13.0. The van der Waals surface area contributed by atoms with E-state index in [1.165, 1.54) is 5.56 Å². The SMILES string of the molecule is COc1cc(N(C(=O)NCCCn2cncc2C)C2CC2)ccc1OCCCCc1ccnc(N)c1. The number of benzene rings is 1. The number of unbranched alkanes of at least 4 members (excludes halogenated alkanes) is 1. The number of ether oxygens (including phenoxy) is 2. The summed E-state index contributed by atoms with van der Waals surface area (Å²) in [7, 11) is 1.62. The number of aryl methyl sites for hydroxylation is 3. The van der Waals surface area contributed by atoms with Crippen LogP contribution in [0.3, 0.4) is 0 Å². The number of nitrogen functional groups attached to an aromatic ring is 1. The first-order chi connectivity index (χ1) is 17.5. The molecule has 36 heavy (non-hydrogen) atoms. The summed E-state index contributed by atoms with van der Waals surface area (Å²) >= 11 is 0. The first-order valence-electron chi connectivity index (χ1n) is 12.6. The van der Waals surface area contributed by atoms with Crippen molar-refractivity contribution < 1.29 is 14.3 Å². The van der Waals surface area contributed by atoms with Gasteiger partial charge in [-0.15, -0.1) is 0 Å². The average Bonchev–Trinajstić information content (AvgIpc) is 3.62. The number of aromatic nitrogens is 3. The molecule has 2 aromatic heterocycles. The van der Waals surface area contributed by atoms with Crippen molar-refractivity contribution in [2.24, 2.45) is 0 Å². The van der Waals surface area contributed by atoms with Crippen LogP contribution in [0.15, 0.2) is 49.1 Å². The van der Waals surface area contributed by atoms with E-state index >= 15 is 0 Å². The number of methoxy groups -OCH3 is 1. The number of rotatable bonds is 13. The van der Waals surface area contributed by atoms with Crippen LogP contribution in [0.2, 0.25) is 0 Å². The highest BCUT2D eigenvalue weighted by Crippen LogP contribution is 2.37. The smallest absolute Gasteiger partial charge is 0.322 e. The Labute approximate surface area is 212 Å². The van der Waals surface area contributed by atoms with Crippen molar-refractivity contribution in [3.05, 3.63) is 60.3 Å². The Morgan fingerprint density at radius 2 is 2.06 bits per heavy atom. The number of anilines is 2. The van der Waals surface area contributed by atoms with Gasteiger partial charge in [0, 0.05) is 49.0 Å². The standard InChI is InChI=1S/C27H36N6O3/c1-20-18-29-19-32(20)14-5-12-31-27(34)33(22-7-8-22)23-9-10-24(25(17-23)35-2)36-15-4-3-6-21-11-13-30-26(28)16-21/h9-11,13,16-19,22H,3-8,12,14-15H2,1-2H3,(H2,28,30)(H,31,34). The van der Waals surface area contributed by atoms with E-state index < -0.39 is 0 Å². The Morgan fingerprint density at radius 3 is 2.78 bits per heavy atom. The summed E-state index contributed by atoms with van der Waals surface area (Å²) in [6.07, 6.45) is 11.1. The van der Waals surface area contributed by atoms with Gasteiger partial charge in [-0.05, 0) is 75.3 Å². The van der Waals surface area contributed by atoms with Gasteiger partial charge in [-0.2, -0.15) is 0 Å². The minimum Gasteiger partial charge on any atom is -0.493 e. The second-order valence-corrected chi connectivity index (χ2v) is 9.14. The van der Waals surface area contributed by atoms with Gasteiger partial charge >= 0.3 is 6.03 Å². The number of hydrogen-bond donors (Lipinski definition) is 2. The molecular formula is C27H36N6O3. The van der Waals surface area contributed by atoms with Gasteiger partial charge in [-0.25, -0.2) is 14.8 Å². The van der Waals surface area contributed by atoms with Crippen LogP contribution in [0, 0.1) is 6.92 Å². The van der Waals surface area contributed by atoms with Gasteiger partial charge in [0.25, 0.3) is 0 Å². The van der Waals surface area contributed by atoms with Crippen LogP contribution in [0.5, 0.6) is 11.5 Å². The predicted molar refractivity (Wildman–Crippen MR) is 141 cm³/mol. The molecule has 0 unspecified atom stereocenters. The lowest BCUT2D eigenvalue weighted by Crippen LogP contribution is -2.42. The average molecular weight is 493 g/mol. The summed E-state index contributed by atoms with van der Waals surface area (Å²) in [5.41, 5.74) is 8.86. The summed E-state index contributed by atoms with van der Waals surface area (Å²) in [5, 5.41) is 3.07. The number of urea groups is 1. The van der Waals surface area contributed by atoms with E-state index in [-0.39, 0.29) is 12.1 Å². The molecule has 1 aliphatic rings. The highest BCUT2D eigenvalue weighted by atomic mass is 16.5. The summed E-state index contributed by atoms with van der Waals surface area (Å²) in [4.78, 5) is 23.0. The number of imidazole rings is 1. The lowest BCUT2D eigenvalue weighted by Gasteiger charge is -2.24. The lowest BCUT2D eigenvalue weighted by atomic mass is 10.1. The monoisotopic (exact) mass is 492 g/mol. The number of carbonyl (C=O) groups excluding carboxylic acids is 1. The molecule has 2 amide bonds. The second-order valence-electron chi connectivity index (χ2n) is 9.14. The first kappa shape index (κ1) is 25.3. The van der Waals surface area contributed by atoms with Gasteiger partial charge in [-0.3, -0.25) is 4.90 Å². The zero-order chi connectivity index (χ0) is 25.3. The summed E-state index contributed by atoms with van der Waals surface area (Å²) in [6, 6.07) is 9.76. The molecule has 192 valence electrons. The number of hydrogen-bond acceptors (Lipinski definition) is 6. The van der Waals surface area contributed by atoms with Gasteiger partial charge in [0.2, 0.25) is 0 Å². The minimum atomic E-state index is -0.0766. The molecule has 1 aliphatic carbocycles. The maximum atomic E-state index is 13.0. The van der Waals surface area contributed by atoms with E-state index in [0.717, 1.165) is 56.5 Å². The van der Waals surface area contributed by atoms with Crippen molar-refractivity contribution >= 4 is 17.5 Å². The molecule has 1 fully saturated rings. The Hall–Kier alpha value is -3.75. The molecule has 9 nitrogen and oxygen atoms in total. The second kappa shape index (κ2) is 12.3. The molecule has 4 rings (SSSR count). The fourth-order valence-electron chi connectivity index (χ4n) is 4.17. The summed E-state index contributed by atoms with van der Waals surface area (Å²) in [6.45, 7) is 4.04. The largest absolute Gasteiger partial charge is 0.493 e. The molecule has 1 saturated carbocycles. The van der Waals surface area contributed by atoms with Gasteiger partial charge in [0.15, 0.2) is 11.5 Å². The molecule has 0 saturated heterocycles. The molecule has 0 aliphatic heterocycles. The maximum Gasteiger partial charge on any atom is 0.322 e. The first-order valence-corrected chi connectivity index (χ1v) is 12.6. The van der Waals surface area contributed by atoms with Crippen molar-refractivity contribution in [3.8, 4) is 11.5 Å². The van der Waals surface area contributed by atoms with Crippen LogP contribution in [0.1, 0.15) is 43.4 Å². The van der Waals surface area contributed by atoms with E-state index in [1.54, 1.807) is 13.3 Å². The van der Waals surface area contributed by atoms with Crippen LogP contribution < -0.4 is 25.4 Å². The van der Waals surface area contributed by atoms with E-state index in [1.807, 2.05) is 54.7 Å². The number of carbonyl (C=O) groups is 1. The number of nitrogens with two attached hydrogens (primary N) is 1. The quantitative estimate of drug-likeness (QED) is 0.344. The topological polar surface area (TPSA) is 108 Å². The molecule has 2 heterocycles. The third-order valence-electron chi connectivity index (χ3n) is 6.29. The summed E-state index contributed by atoms with van der Waals surface area (Å²) < 4.78 is 13.7. The van der Waals surface area contributed by atoms with E-state index in [9.17, 15) is 4.79 Å². The van der Waals surface area contributed by atoms with Crippen molar-refractivity contribution in [2.75, 3.05) is 30.9 Å². The Balaban J connectivity index is 1.27. The van der Waals surface area contributed by atoms with Crippen LogP contribution >= 0.6 is 0 Å². The van der Waals surface area contributed by atoms with Gasteiger partial charge in [0.1, 0.15) is 5.82 Å². The van der Waals surface area contributed by atoms with Crippen LogP contribution in [0.4, 0.5) is 16.3 Å². The number of pyridine rings is 1. The molecule has 3 aromatic rings. The van der Waals surface area contributed by atoms with Crippen LogP contribution in [-0.2, 0) is 13.0 Å². The van der Waals surface area contributed by atoms with Gasteiger partial charge in [-0.1, -0.05) is 0 Å². The van der Waals surface area contributed by atoms with E-state index in [0.29, 0.717) is 30.5 Å². The van der Waals surface area contributed by atoms with Crippen molar-refractivity contribution in [1.29, 1.82) is 0 Å². The normalized spacial score (nSPS) is 12.8. The predicted octanol–water partition coefficient (Wildman–Crippen LogP) is 4.35. The molecule has 0 atom stereocenters. The van der Waals surface area contributed by atoms with Gasteiger partial charge in [0.05, 0.1) is 20.0 Å². The number of nitrogens with one attached hydrogen (secondary N) is 1. The Morgan fingerprint density at radius 1 is 1.19 bits per heavy atom. The zero-order valence-electron chi connectivity index (χ0n) is 21.2. The van der Waals surface area contributed by atoms with Crippen LogP contribution in [-0.4, -0.2) is 46.9 Å². The minimum absolute atomic E-state index is 0.0766. The lowest BCUT2D eigenvalue weighted by molar-refractivity contribution is 0.245.